The zero-order valence-corrected chi connectivity index (χ0v) is 7.20. The summed E-state index contributed by atoms with van der Waals surface area (Å²) in [7, 11) is 0.954. The molecule has 0 spiro atoms. The van der Waals surface area contributed by atoms with Crippen LogP contribution in [0.15, 0.2) is 0 Å². The first-order valence-electron chi connectivity index (χ1n) is 4.66. The van der Waals surface area contributed by atoms with Gasteiger partial charge in [-0.05, 0) is 49.4 Å². The summed E-state index contributed by atoms with van der Waals surface area (Å²) >= 11 is 0. The van der Waals surface area contributed by atoms with Crippen LogP contribution in [0.3, 0.4) is 0 Å². The molecule has 0 N–H and O–H groups in total. The Kier molecular flexibility index (Phi) is 1.15. The van der Waals surface area contributed by atoms with Gasteiger partial charge in [0, 0.05) is 0 Å². The normalized spacial score (nSPS) is 33.3. The van der Waals surface area contributed by atoms with E-state index in [9.17, 15) is 0 Å². The maximum Gasteiger partial charge on any atom is 0.119 e. The lowest BCUT2D eigenvalue weighted by Crippen LogP contribution is -2.18. The molecule has 3 fully saturated rings. The molecule has 56 valence electrons. The van der Waals surface area contributed by atoms with Gasteiger partial charge < -0.3 is 0 Å². The Balaban J connectivity index is 1.69. The van der Waals surface area contributed by atoms with Gasteiger partial charge in [0.2, 0.25) is 0 Å². The van der Waals surface area contributed by atoms with Crippen LogP contribution in [0.5, 0.6) is 0 Å². The molecule has 0 atom stereocenters. The minimum absolute atomic E-state index is 0.954. The van der Waals surface area contributed by atoms with Crippen LogP contribution in [0.4, 0.5) is 0 Å². The van der Waals surface area contributed by atoms with Gasteiger partial charge in [0.05, 0.1) is 0 Å². The summed E-state index contributed by atoms with van der Waals surface area (Å²) in [5.74, 6) is 0. The number of hydrogen-bond donors (Lipinski definition) is 0. The molecule has 1 heteroatoms. The van der Waals surface area contributed by atoms with Crippen molar-refractivity contribution >= 4 is 10.9 Å². The van der Waals surface area contributed by atoms with Gasteiger partial charge in [-0.3, -0.25) is 0 Å². The van der Waals surface area contributed by atoms with Crippen LogP contribution >= 0.6 is 0 Å². The molecule has 0 saturated heterocycles. The highest BCUT2D eigenvalue weighted by Gasteiger charge is 2.57. The first-order chi connectivity index (χ1) is 4.95. The molecule has 0 aromatic rings. The van der Waals surface area contributed by atoms with Gasteiger partial charge in [-0.2, -0.15) is 0 Å². The number of hydrogen-bond acceptors (Lipinski definition) is 0. The molecule has 0 amide bonds. The number of rotatable bonds is 3. The molecule has 0 heterocycles. The third-order valence-electron chi connectivity index (χ3n) is 2.73. The minimum Gasteiger partial charge on any atom is -0.00387 e. The summed E-state index contributed by atoms with van der Waals surface area (Å²) in [4.78, 5) is 0. The second kappa shape index (κ2) is 1.94. The van der Waals surface area contributed by atoms with Crippen molar-refractivity contribution in [1.29, 1.82) is 0 Å². The molecule has 0 aliphatic heterocycles. The molecule has 3 aliphatic carbocycles. The van der Waals surface area contributed by atoms with Crippen molar-refractivity contribution in [3.05, 3.63) is 0 Å². The largest absolute Gasteiger partial charge is 0.119 e. The fourth-order valence-electron chi connectivity index (χ4n) is 1.84. The molecule has 0 aromatic carbocycles. The lowest BCUT2D eigenvalue weighted by Gasteiger charge is -2.02. The summed E-state index contributed by atoms with van der Waals surface area (Å²) < 4.78 is 0. The summed E-state index contributed by atoms with van der Waals surface area (Å²) in [6.07, 6.45) is 9.56. The van der Waals surface area contributed by atoms with E-state index >= 15 is 0 Å². The quantitative estimate of drug-likeness (QED) is 0.547. The van der Waals surface area contributed by atoms with E-state index < -0.39 is 0 Å². The third kappa shape index (κ3) is 0.990. The van der Waals surface area contributed by atoms with E-state index in [1.54, 1.807) is 38.5 Å². The van der Waals surface area contributed by atoms with Crippen LogP contribution in [-0.4, -0.2) is 15.7 Å². The smallest absolute Gasteiger partial charge is 0.00387 e. The van der Waals surface area contributed by atoms with Crippen molar-refractivity contribution in [2.24, 2.45) is 0 Å². The van der Waals surface area contributed by atoms with Crippen molar-refractivity contribution in [1.82, 2.24) is 0 Å². The topological polar surface area (TPSA) is 0 Å². The molecule has 0 aromatic heterocycles. The standard InChI is InChI=1S/C9H15S/c1-2-7(1)10(8-3-4-8)9-5-6-9/h7-9H,1-6H2/q+1. The second-order valence-electron chi connectivity index (χ2n) is 4.01. The predicted molar refractivity (Wildman–Crippen MR) is 46.4 cm³/mol. The van der Waals surface area contributed by atoms with Crippen LogP contribution in [0, 0.1) is 0 Å². The molecule has 0 bridgehead atoms. The Labute approximate surface area is 65.7 Å². The lowest BCUT2D eigenvalue weighted by molar-refractivity contribution is 1.32. The monoisotopic (exact) mass is 155 g/mol. The molecule has 3 aliphatic rings. The Morgan fingerprint density at radius 1 is 0.600 bits per heavy atom. The summed E-state index contributed by atoms with van der Waals surface area (Å²) in [5.41, 5.74) is 0. The first-order valence-corrected chi connectivity index (χ1v) is 6.07. The maximum absolute atomic E-state index is 1.59. The van der Waals surface area contributed by atoms with Crippen LogP contribution in [0.2, 0.25) is 0 Å². The van der Waals surface area contributed by atoms with Crippen molar-refractivity contribution in [2.75, 3.05) is 0 Å². The maximum atomic E-state index is 1.59. The SMILES string of the molecule is C1CC1[S+](C1CC1)C1CC1. The van der Waals surface area contributed by atoms with E-state index in [0.717, 1.165) is 10.9 Å². The highest BCUT2D eigenvalue weighted by Crippen LogP contribution is 2.49. The van der Waals surface area contributed by atoms with E-state index in [1.807, 2.05) is 0 Å². The van der Waals surface area contributed by atoms with Crippen molar-refractivity contribution in [3.8, 4) is 0 Å². The zero-order chi connectivity index (χ0) is 6.55. The highest BCUT2D eigenvalue weighted by molar-refractivity contribution is 7.99. The van der Waals surface area contributed by atoms with Crippen LogP contribution in [0.1, 0.15) is 38.5 Å². The van der Waals surface area contributed by atoms with Crippen molar-refractivity contribution in [3.63, 3.8) is 0 Å². The summed E-state index contributed by atoms with van der Waals surface area (Å²) in [6.45, 7) is 0. The Hall–Kier alpha value is 0.350. The van der Waals surface area contributed by atoms with Crippen molar-refractivity contribution < 1.29 is 0 Å². The fraction of sp³-hybridized carbons (Fsp3) is 1.00. The molecule has 0 radical (unpaired) electrons. The van der Waals surface area contributed by atoms with Gasteiger partial charge in [-0.15, -0.1) is 0 Å². The van der Waals surface area contributed by atoms with E-state index in [4.69, 9.17) is 0 Å². The van der Waals surface area contributed by atoms with Crippen LogP contribution < -0.4 is 0 Å². The van der Waals surface area contributed by atoms with Gasteiger partial charge in [-0.25, -0.2) is 0 Å². The average Bonchev–Trinajstić information content (AvgIpc) is 2.78. The zero-order valence-electron chi connectivity index (χ0n) is 6.38. The van der Waals surface area contributed by atoms with Gasteiger partial charge >= 0.3 is 0 Å². The Morgan fingerprint density at radius 3 is 1.10 bits per heavy atom. The average molecular weight is 155 g/mol. The van der Waals surface area contributed by atoms with E-state index in [-0.39, 0.29) is 0 Å². The molecule has 3 saturated carbocycles. The molecule has 0 nitrogen and oxygen atoms in total. The van der Waals surface area contributed by atoms with E-state index in [2.05, 4.69) is 0 Å². The predicted octanol–water partition coefficient (Wildman–Crippen LogP) is 2.09. The highest BCUT2D eigenvalue weighted by atomic mass is 32.2. The van der Waals surface area contributed by atoms with E-state index in [1.165, 1.54) is 15.7 Å². The third-order valence-corrected chi connectivity index (χ3v) is 6.45. The molecule has 0 unspecified atom stereocenters. The second-order valence-corrected chi connectivity index (χ2v) is 6.82. The summed E-state index contributed by atoms with van der Waals surface area (Å²) in [5, 5.41) is 3.71. The lowest BCUT2D eigenvalue weighted by atomic mass is 10.9. The Morgan fingerprint density at radius 2 is 0.900 bits per heavy atom. The summed E-state index contributed by atoms with van der Waals surface area (Å²) in [6, 6.07) is 0. The van der Waals surface area contributed by atoms with Gasteiger partial charge in [0.15, 0.2) is 0 Å². The van der Waals surface area contributed by atoms with Gasteiger partial charge in [0.25, 0.3) is 0 Å². The van der Waals surface area contributed by atoms with Crippen LogP contribution in [0.25, 0.3) is 0 Å². The minimum atomic E-state index is 0.954. The van der Waals surface area contributed by atoms with Crippen LogP contribution in [-0.2, 0) is 10.9 Å². The molecular formula is C9H15S+. The Bertz CT molecular complexity index is 114. The van der Waals surface area contributed by atoms with Crippen molar-refractivity contribution in [2.45, 2.75) is 54.3 Å². The van der Waals surface area contributed by atoms with Gasteiger partial charge in [-0.1, -0.05) is 0 Å². The first kappa shape index (κ1) is 5.93. The molecule has 10 heavy (non-hydrogen) atoms. The van der Waals surface area contributed by atoms with E-state index in [0.29, 0.717) is 0 Å². The molecular weight excluding hydrogens is 140 g/mol. The van der Waals surface area contributed by atoms with Gasteiger partial charge in [0.1, 0.15) is 15.7 Å². The molecule has 3 rings (SSSR count). The fourth-order valence-corrected chi connectivity index (χ4v) is 5.51.